The zero-order valence-electron chi connectivity index (χ0n) is 24.5. The quantitative estimate of drug-likeness (QED) is 0.323. The molecule has 2 aromatic carbocycles. The van der Waals surface area contributed by atoms with Crippen LogP contribution in [0.4, 0.5) is 5.82 Å². The number of fused-ring (bicyclic) bond motifs is 2. The Hall–Kier alpha value is -4.51. The van der Waals surface area contributed by atoms with Gasteiger partial charge in [0.15, 0.2) is 11.5 Å². The Morgan fingerprint density at radius 2 is 1.88 bits per heavy atom. The van der Waals surface area contributed by atoms with E-state index in [1.165, 1.54) is 11.8 Å². The van der Waals surface area contributed by atoms with Crippen molar-refractivity contribution in [2.24, 2.45) is 0 Å². The number of carbonyl (C=O) groups excluding carboxylic acids is 2. The van der Waals surface area contributed by atoms with Crippen LogP contribution in [0, 0.1) is 0 Å². The lowest BCUT2D eigenvalue weighted by Crippen LogP contribution is -2.42. The van der Waals surface area contributed by atoms with Gasteiger partial charge < -0.3 is 19.5 Å². The van der Waals surface area contributed by atoms with Gasteiger partial charge >= 0.3 is 0 Å². The number of benzene rings is 2. The molecule has 2 aliphatic heterocycles. The molecule has 0 saturated carbocycles. The van der Waals surface area contributed by atoms with Gasteiger partial charge in [-0.2, -0.15) is 5.10 Å². The standard InChI is InChI=1S/C32H33N5O5S/c1-32(2,3)30-28-29(20-8-13-24-25(15-20)42-19-41-24)43-18-27(39)36(17-26(38)34-16-21-7-5-6-14-33-21)31(28)37(35-30)22-9-11-23(40-4)12-10-22/h5-15,29H,16-19H2,1-4H3,(H,34,38)/t29-/m1/s1. The molecule has 6 rings (SSSR count). The minimum Gasteiger partial charge on any atom is -0.497 e. The molecule has 4 aromatic rings. The molecule has 0 unspecified atom stereocenters. The summed E-state index contributed by atoms with van der Waals surface area (Å²) in [6.07, 6.45) is 1.68. The van der Waals surface area contributed by atoms with Gasteiger partial charge in [-0.1, -0.05) is 32.9 Å². The summed E-state index contributed by atoms with van der Waals surface area (Å²) in [5, 5.41) is 7.80. The third kappa shape index (κ3) is 5.77. The summed E-state index contributed by atoms with van der Waals surface area (Å²) < 4.78 is 18.4. The number of nitrogens with zero attached hydrogens (tertiary/aromatic N) is 4. The average molecular weight is 600 g/mol. The Balaban J connectivity index is 1.48. The number of pyridine rings is 1. The minimum absolute atomic E-state index is 0.168. The number of nitrogens with one attached hydrogen (secondary N) is 1. The molecule has 4 heterocycles. The number of thioether (sulfide) groups is 1. The summed E-state index contributed by atoms with van der Waals surface area (Å²) in [5.41, 5.74) is 3.78. The molecule has 11 heteroatoms. The van der Waals surface area contributed by atoms with E-state index in [4.69, 9.17) is 19.3 Å². The van der Waals surface area contributed by atoms with E-state index >= 15 is 0 Å². The third-order valence-corrected chi connectivity index (χ3v) is 8.57. The number of rotatable bonds is 7. The highest BCUT2D eigenvalue weighted by molar-refractivity contribution is 8.00. The highest BCUT2D eigenvalue weighted by Crippen LogP contribution is 2.50. The van der Waals surface area contributed by atoms with E-state index in [1.807, 2.05) is 60.7 Å². The fourth-order valence-electron chi connectivity index (χ4n) is 5.21. The first-order chi connectivity index (χ1) is 20.7. The lowest BCUT2D eigenvalue weighted by atomic mass is 9.87. The predicted molar refractivity (Wildman–Crippen MR) is 164 cm³/mol. The van der Waals surface area contributed by atoms with Crippen molar-refractivity contribution < 1.29 is 23.8 Å². The zero-order valence-corrected chi connectivity index (χ0v) is 25.3. The molecule has 2 aromatic heterocycles. The largest absolute Gasteiger partial charge is 0.497 e. The summed E-state index contributed by atoms with van der Waals surface area (Å²) in [6.45, 7) is 6.57. The van der Waals surface area contributed by atoms with Crippen LogP contribution in [0.5, 0.6) is 17.2 Å². The van der Waals surface area contributed by atoms with E-state index < -0.39 is 0 Å². The van der Waals surface area contributed by atoms with Crippen LogP contribution in [-0.4, -0.2) is 52.8 Å². The van der Waals surface area contributed by atoms with E-state index in [1.54, 1.807) is 22.9 Å². The number of amides is 2. The number of carbonyl (C=O) groups is 2. The number of anilines is 1. The summed E-state index contributed by atoms with van der Waals surface area (Å²) in [6, 6.07) is 18.9. The van der Waals surface area contributed by atoms with Crippen LogP contribution in [0.1, 0.15) is 48.5 Å². The van der Waals surface area contributed by atoms with E-state index in [2.05, 4.69) is 31.1 Å². The van der Waals surface area contributed by atoms with Gasteiger partial charge in [-0.15, -0.1) is 11.8 Å². The number of methoxy groups -OCH3 is 1. The van der Waals surface area contributed by atoms with Crippen LogP contribution in [0.25, 0.3) is 5.69 Å². The van der Waals surface area contributed by atoms with Crippen molar-refractivity contribution in [1.82, 2.24) is 20.1 Å². The van der Waals surface area contributed by atoms with Gasteiger partial charge in [0.25, 0.3) is 0 Å². The molecule has 0 fully saturated rings. The van der Waals surface area contributed by atoms with Gasteiger partial charge in [0.05, 0.1) is 41.7 Å². The maximum absolute atomic E-state index is 13.9. The molecule has 2 amide bonds. The first-order valence-electron chi connectivity index (χ1n) is 14.0. The second-order valence-electron chi connectivity index (χ2n) is 11.3. The first kappa shape index (κ1) is 28.6. The molecule has 0 radical (unpaired) electrons. The molecule has 10 nitrogen and oxygen atoms in total. The maximum Gasteiger partial charge on any atom is 0.240 e. The fourth-order valence-corrected chi connectivity index (χ4v) is 6.40. The smallest absolute Gasteiger partial charge is 0.240 e. The van der Waals surface area contributed by atoms with E-state index in [0.717, 1.165) is 28.2 Å². The van der Waals surface area contributed by atoms with Crippen molar-refractivity contribution in [2.75, 3.05) is 31.1 Å². The van der Waals surface area contributed by atoms with Crippen molar-refractivity contribution in [1.29, 1.82) is 0 Å². The molecular weight excluding hydrogens is 566 g/mol. The predicted octanol–water partition coefficient (Wildman–Crippen LogP) is 4.79. The van der Waals surface area contributed by atoms with Crippen LogP contribution in [0.3, 0.4) is 0 Å². The molecular formula is C32H33N5O5S. The van der Waals surface area contributed by atoms with Gasteiger partial charge in [-0.25, -0.2) is 4.68 Å². The number of hydrogen-bond donors (Lipinski definition) is 1. The van der Waals surface area contributed by atoms with Gasteiger partial charge in [-0.3, -0.25) is 19.5 Å². The maximum atomic E-state index is 13.9. The Kier molecular flexibility index (Phi) is 7.74. The van der Waals surface area contributed by atoms with Crippen LogP contribution in [0.2, 0.25) is 0 Å². The summed E-state index contributed by atoms with van der Waals surface area (Å²) >= 11 is 1.52. The van der Waals surface area contributed by atoms with Crippen molar-refractivity contribution >= 4 is 29.4 Å². The summed E-state index contributed by atoms with van der Waals surface area (Å²) in [5.74, 6) is 2.33. The van der Waals surface area contributed by atoms with Crippen molar-refractivity contribution in [3.05, 3.63) is 89.4 Å². The van der Waals surface area contributed by atoms with E-state index in [9.17, 15) is 9.59 Å². The second kappa shape index (κ2) is 11.6. The zero-order chi connectivity index (χ0) is 30.1. The SMILES string of the molecule is COc1ccc(-n2nc(C(C)(C)C)c3c2N(CC(=O)NCc2ccccn2)C(=O)CS[C@@H]3c2ccc3c(c2)OCO3)cc1. The molecule has 222 valence electrons. The molecule has 2 aliphatic rings. The van der Waals surface area contributed by atoms with E-state index in [0.29, 0.717) is 23.1 Å². The average Bonchev–Trinajstić information content (AvgIpc) is 3.61. The molecule has 43 heavy (non-hydrogen) atoms. The molecule has 0 saturated heterocycles. The molecule has 1 N–H and O–H groups in total. The van der Waals surface area contributed by atoms with E-state index in [-0.39, 0.29) is 48.1 Å². The fraction of sp³-hybridized carbons (Fsp3) is 0.312. The Morgan fingerprint density at radius 1 is 1.09 bits per heavy atom. The van der Waals surface area contributed by atoms with Crippen LogP contribution < -0.4 is 24.4 Å². The summed E-state index contributed by atoms with van der Waals surface area (Å²) in [4.78, 5) is 33.1. The number of ether oxygens (including phenoxy) is 3. The second-order valence-corrected chi connectivity index (χ2v) is 12.4. The minimum atomic E-state index is -0.378. The van der Waals surface area contributed by atoms with Gasteiger partial charge in [-0.05, 0) is 54.1 Å². The molecule has 1 atom stereocenters. The molecule has 0 spiro atoms. The van der Waals surface area contributed by atoms with Crippen LogP contribution >= 0.6 is 11.8 Å². The Bertz CT molecular complexity index is 1650. The third-order valence-electron chi connectivity index (χ3n) is 7.31. The van der Waals surface area contributed by atoms with Crippen LogP contribution in [0.15, 0.2) is 66.9 Å². The lowest BCUT2D eigenvalue weighted by molar-refractivity contribution is -0.123. The van der Waals surface area contributed by atoms with Crippen LogP contribution in [-0.2, 0) is 21.5 Å². The van der Waals surface area contributed by atoms with Gasteiger partial charge in [0.1, 0.15) is 18.1 Å². The first-order valence-corrected chi connectivity index (χ1v) is 15.0. The highest BCUT2D eigenvalue weighted by Gasteiger charge is 2.40. The highest BCUT2D eigenvalue weighted by atomic mass is 32.2. The lowest BCUT2D eigenvalue weighted by Gasteiger charge is -2.24. The monoisotopic (exact) mass is 599 g/mol. The van der Waals surface area contributed by atoms with Crippen molar-refractivity contribution in [3.8, 4) is 22.9 Å². The van der Waals surface area contributed by atoms with Crippen molar-refractivity contribution in [2.45, 2.75) is 38.0 Å². The molecule has 0 aliphatic carbocycles. The normalized spacial score (nSPS) is 16.0. The van der Waals surface area contributed by atoms with Crippen molar-refractivity contribution in [3.63, 3.8) is 0 Å². The Labute approximate surface area is 254 Å². The van der Waals surface area contributed by atoms with Gasteiger partial charge in [0.2, 0.25) is 18.6 Å². The summed E-state index contributed by atoms with van der Waals surface area (Å²) in [7, 11) is 1.61. The van der Waals surface area contributed by atoms with Gasteiger partial charge in [0, 0.05) is 17.2 Å². The molecule has 0 bridgehead atoms. The topological polar surface area (TPSA) is 108 Å². The number of aromatic nitrogens is 3. The number of hydrogen-bond acceptors (Lipinski definition) is 8. The Morgan fingerprint density at radius 3 is 2.60 bits per heavy atom.